The van der Waals surface area contributed by atoms with Crippen LogP contribution < -0.4 is 0 Å². The van der Waals surface area contributed by atoms with Crippen molar-refractivity contribution in [3.63, 3.8) is 0 Å². The van der Waals surface area contributed by atoms with Crippen LogP contribution in [-0.4, -0.2) is 98.2 Å². The van der Waals surface area contributed by atoms with E-state index in [1.165, 1.54) is 12.8 Å². The molecule has 4 saturated heterocycles. The van der Waals surface area contributed by atoms with E-state index in [9.17, 15) is 13.2 Å². The van der Waals surface area contributed by atoms with E-state index < -0.39 is 9.84 Å². The minimum Gasteiger partial charge on any atom is -0.381 e. The first kappa shape index (κ1) is 21.4. The zero-order chi connectivity index (χ0) is 20.8. The molecular formula is C21H37N3O4S. The van der Waals surface area contributed by atoms with Gasteiger partial charge in [-0.3, -0.25) is 4.90 Å². The second-order valence-corrected chi connectivity index (χ2v) is 12.4. The highest BCUT2D eigenvalue weighted by Gasteiger charge is 2.49. The molecule has 4 heterocycles. The molecule has 5 aliphatic rings. The molecule has 2 atom stereocenters. The number of sulfone groups is 1. The maximum Gasteiger partial charge on any atom is 0.320 e. The number of urea groups is 1. The van der Waals surface area contributed by atoms with Crippen LogP contribution in [0, 0.1) is 5.41 Å². The fourth-order valence-electron chi connectivity index (χ4n) is 6.19. The maximum atomic E-state index is 13.3. The molecule has 2 bridgehead atoms. The second-order valence-electron chi connectivity index (χ2n) is 10.1. The van der Waals surface area contributed by atoms with Crippen molar-refractivity contribution in [3.8, 4) is 0 Å². The quantitative estimate of drug-likeness (QED) is 0.674. The molecule has 2 unspecified atom stereocenters. The van der Waals surface area contributed by atoms with E-state index in [0.717, 1.165) is 38.8 Å². The van der Waals surface area contributed by atoms with Gasteiger partial charge in [0.2, 0.25) is 0 Å². The van der Waals surface area contributed by atoms with Gasteiger partial charge in [0.15, 0.2) is 9.84 Å². The lowest BCUT2D eigenvalue weighted by Crippen LogP contribution is -2.60. The SMILES string of the molecule is COC1CCC(N2CC3CC(C)(C)C2CCN3C(=O)N2CCS(=O)(=O)CC2)CC1. The molecule has 29 heavy (non-hydrogen) atoms. The summed E-state index contributed by atoms with van der Waals surface area (Å²) in [6.45, 7) is 7.13. The summed E-state index contributed by atoms with van der Waals surface area (Å²) in [7, 11) is -1.16. The zero-order valence-corrected chi connectivity index (χ0v) is 19.0. The molecule has 0 aromatic rings. The molecule has 0 radical (unpaired) electrons. The summed E-state index contributed by atoms with van der Waals surface area (Å²) >= 11 is 0. The van der Waals surface area contributed by atoms with Crippen LogP contribution in [-0.2, 0) is 14.6 Å². The minimum absolute atomic E-state index is 0.0475. The molecule has 4 aliphatic heterocycles. The molecule has 2 amide bonds. The molecule has 0 spiro atoms. The molecular weight excluding hydrogens is 390 g/mol. The van der Waals surface area contributed by atoms with Gasteiger partial charge >= 0.3 is 6.03 Å². The van der Waals surface area contributed by atoms with E-state index in [4.69, 9.17) is 4.74 Å². The fourth-order valence-corrected chi connectivity index (χ4v) is 7.39. The summed E-state index contributed by atoms with van der Waals surface area (Å²) in [5.74, 6) is 0.195. The number of fused-ring (bicyclic) bond motifs is 4. The average molecular weight is 428 g/mol. The van der Waals surface area contributed by atoms with E-state index in [1.54, 1.807) is 4.90 Å². The van der Waals surface area contributed by atoms with Gasteiger partial charge in [0.1, 0.15) is 0 Å². The highest BCUT2D eigenvalue weighted by molar-refractivity contribution is 7.91. The van der Waals surface area contributed by atoms with Gasteiger partial charge in [-0.05, 0) is 43.9 Å². The lowest BCUT2D eigenvalue weighted by Gasteiger charge is -2.52. The molecule has 0 N–H and O–H groups in total. The number of nitrogens with zero attached hydrogens (tertiary/aromatic N) is 3. The van der Waals surface area contributed by atoms with Crippen LogP contribution in [0.2, 0.25) is 0 Å². The van der Waals surface area contributed by atoms with Gasteiger partial charge < -0.3 is 14.5 Å². The number of amides is 2. The standard InChI is InChI=1S/C21H37N3O4S/c1-21(2)14-17-15-24(16-4-6-18(28-3)7-5-16)19(21)8-9-23(17)20(25)22-10-12-29(26,27)13-11-22/h16-19H,4-15H2,1-3H3. The van der Waals surface area contributed by atoms with Crippen molar-refractivity contribution in [2.45, 2.75) is 76.6 Å². The first-order valence-electron chi connectivity index (χ1n) is 11.2. The Bertz CT molecular complexity index is 703. The van der Waals surface area contributed by atoms with Crippen LogP contribution in [0.3, 0.4) is 0 Å². The van der Waals surface area contributed by atoms with Crippen LogP contribution in [0.5, 0.6) is 0 Å². The third-order valence-electron chi connectivity index (χ3n) is 7.88. The van der Waals surface area contributed by atoms with Gasteiger partial charge in [0.05, 0.1) is 17.6 Å². The summed E-state index contributed by atoms with van der Waals surface area (Å²) in [6.07, 6.45) is 7.04. The maximum absolute atomic E-state index is 13.3. The van der Waals surface area contributed by atoms with Gasteiger partial charge in [-0.1, -0.05) is 13.8 Å². The predicted octanol–water partition coefficient (Wildman–Crippen LogP) is 1.97. The van der Waals surface area contributed by atoms with E-state index in [0.29, 0.717) is 31.3 Å². The number of rotatable bonds is 2. The number of carbonyl (C=O) groups is 1. The van der Waals surface area contributed by atoms with Gasteiger partial charge in [0, 0.05) is 51.4 Å². The van der Waals surface area contributed by atoms with Gasteiger partial charge in [-0.2, -0.15) is 0 Å². The lowest BCUT2D eigenvalue weighted by molar-refractivity contribution is -0.0347. The lowest BCUT2D eigenvalue weighted by atomic mass is 9.73. The Balaban J connectivity index is 1.48. The molecule has 7 nitrogen and oxygen atoms in total. The smallest absolute Gasteiger partial charge is 0.320 e. The molecule has 1 saturated carbocycles. The zero-order valence-electron chi connectivity index (χ0n) is 18.2. The minimum atomic E-state index is -2.98. The van der Waals surface area contributed by atoms with Crippen molar-refractivity contribution in [3.05, 3.63) is 0 Å². The van der Waals surface area contributed by atoms with Gasteiger partial charge in [-0.25, -0.2) is 13.2 Å². The highest BCUT2D eigenvalue weighted by atomic mass is 32.2. The first-order valence-corrected chi connectivity index (χ1v) is 13.1. The number of ether oxygens (including phenoxy) is 1. The summed E-state index contributed by atoms with van der Waals surface area (Å²) in [5, 5.41) is 0. The van der Waals surface area contributed by atoms with E-state index in [-0.39, 0.29) is 29.0 Å². The van der Waals surface area contributed by atoms with Crippen molar-refractivity contribution in [1.29, 1.82) is 0 Å². The van der Waals surface area contributed by atoms with Crippen LogP contribution in [0.25, 0.3) is 0 Å². The molecule has 5 rings (SSSR count). The van der Waals surface area contributed by atoms with Crippen molar-refractivity contribution < 1.29 is 17.9 Å². The summed E-state index contributed by atoms with van der Waals surface area (Å²) in [5.41, 5.74) is 0.182. The molecule has 8 heteroatoms. The van der Waals surface area contributed by atoms with E-state index in [1.807, 2.05) is 7.11 Å². The number of methoxy groups -OCH3 is 1. The number of hydrogen-bond donors (Lipinski definition) is 0. The first-order chi connectivity index (χ1) is 13.7. The third-order valence-corrected chi connectivity index (χ3v) is 9.49. The number of piperidine rings is 1. The Labute approximate surface area is 175 Å². The topological polar surface area (TPSA) is 70.2 Å². The van der Waals surface area contributed by atoms with Gasteiger partial charge in [-0.15, -0.1) is 0 Å². The molecule has 0 aromatic heterocycles. The van der Waals surface area contributed by atoms with Crippen LogP contribution in [0.15, 0.2) is 0 Å². The Morgan fingerprint density at radius 1 is 0.966 bits per heavy atom. The molecule has 1 aliphatic carbocycles. The molecule has 0 aromatic carbocycles. The third kappa shape index (κ3) is 4.30. The number of hydrogen-bond acceptors (Lipinski definition) is 5. The molecule has 166 valence electrons. The Hall–Kier alpha value is -0.860. The van der Waals surface area contributed by atoms with E-state index >= 15 is 0 Å². The van der Waals surface area contributed by atoms with E-state index in [2.05, 4.69) is 23.6 Å². The Kier molecular flexibility index (Phi) is 5.90. The summed E-state index contributed by atoms with van der Waals surface area (Å²) in [4.78, 5) is 19.9. The highest BCUT2D eigenvalue weighted by Crippen LogP contribution is 2.44. The molecule has 5 fully saturated rings. The second kappa shape index (κ2) is 8.00. The predicted molar refractivity (Wildman–Crippen MR) is 113 cm³/mol. The monoisotopic (exact) mass is 427 g/mol. The number of carbonyl (C=O) groups excluding carboxylic acids is 1. The summed E-state index contributed by atoms with van der Waals surface area (Å²) < 4.78 is 29.1. The van der Waals surface area contributed by atoms with Crippen molar-refractivity contribution >= 4 is 15.9 Å². The van der Waals surface area contributed by atoms with Crippen LogP contribution in [0.1, 0.15) is 52.4 Å². The Morgan fingerprint density at radius 3 is 2.24 bits per heavy atom. The average Bonchev–Trinajstić information content (AvgIpc) is 2.94. The van der Waals surface area contributed by atoms with Crippen molar-refractivity contribution in [2.24, 2.45) is 5.41 Å². The van der Waals surface area contributed by atoms with Gasteiger partial charge in [0.25, 0.3) is 0 Å². The fraction of sp³-hybridized carbons (Fsp3) is 0.952. The largest absolute Gasteiger partial charge is 0.381 e. The summed E-state index contributed by atoms with van der Waals surface area (Å²) in [6, 6.07) is 1.35. The van der Waals surface area contributed by atoms with Crippen molar-refractivity contribution in [2.75, 3.05) is 44.8 Å². The van der Waals surface area contributed by atoms with Crippen LogP contribution in [0.4, 0.5) is 4.79 Å². The Morgan fingerprint density at radius 2 is 1.62 bits per heavy atom. The van der Waals surface area contributed by atoms with Crippen LogP contribution >= 0.6 is 0 Å². The normalized spacial score (nSPS) is 37.3. The van der Waals surface area contributed by atoms with Crippen molar-refractivity contribution in [1.82, 2.24) is 14.7 Å².